The van der Waals surface area contributed by atoms with Gasteiger partial charge in [-0.1, -0.05) is 0 Å². The summed E-state index contributed by atoms with van der Waals surface area (Å²) in [4.78, 5) is 11.2. The van der Waals surface area contributed by atoms with Gasteiger partial charge in [0, 0.05) is 0 Å². The SMILES string of the molecule is CC1(C)O[C@H]2[C@@H]3OS(=O)OC[C@@H]3O[C@@]2(C=O)O1. The summed E-state index contributed by atoms with van der Waals surface area (Å²) in [6.45, 7) is 3.42. The maximum Gasteiger partial charge on any atom is 0.305 e. The molecule has 0 spiro atoms. The van der Waals surface area contributed by atoms with Crippen LogP contribution < -0.4 is 0 Å². The van der Waals surface area contributed by atoms with Gasteiger partial charge in [0.1, 0.15) is 12.2 Å². The first kappa shape index (κ1) is 11.7. The van der Waals surface area contributed by atoms with E-state index in [0.29, 0.717) is 6.29 Å². The van der Waals surface area contributed by atoms with E-state index >= 15 is 0 Å². The summed E-state index contributed by atoms with van der Waals surface area (Å²) in [5, 5.41) is 0. The van der Waals surface area contributed by atoms with Crippen molar-refractivity contribution >= 4 is 17.6 Å². The molecule has 96 valence electrons. The molecule has 8 heteroatoms. The second-order valence-corrected chi connectivity index (χ2v) is 5.42. The van der Waals surface area contributed by atoms with Gasteiger partial charge >= 0.3 is 11.4 Å². The van der Waals surface area contributed by atoms with Crippen LogP contribution in [0, 0.1) is 0 Å². The summed E-state index contributed by atoms with van der Waals surface area (Å²) in [6, 6.07) is 0. The normalized spacial score (nSPS) is 51.9. The topological polar surface area (TPSA) is 80.3 Å². The Morgan fingerprint density at radius 1 is 1.35 bits per heavy atom. The fraction of sp³-hybridized carbons (Fsp3) is 0.889. The maximum absolute atomic E-state index is 11.2. The van der Waals surface area contributed by atoms with E-state index in [2.05, 4.69) is 0 Å². The number of rotatable bonds is 1. The van der Waals surface area contributed by atoms with Gasteiger partial charge in [-0.3, -0.25) is 13.2 Å². The summed E-state index contributed by atoms with van der Waals surface area (Å²) < 4.78 is 37.7. The van der Waals surface area contributed by atoms with E-state index in [9.17, 15) is 9.00 Å². The van der Waals surface area contributed by atoms with Crippen molar-refractivity contribution in [2.45, 2.75) is 43.7 Å². The molecule has 0 aromatic rings. The Morgan fingerprint density at radius 3 is 2.82 bits per heavy atom. The minimum absolute atomic E-state index is 0.0799. The number of carbonyl (C=O) groups excluding carboxylic acids is 1. The summed E-state index contributed by atoms with van der Waals surface area (Å²) in [5.41, 5.74) is 0. The van der Waals surface area contributed by atoms with Gasteiger partial charge in [-0.25, -0.2) is 0 Å². The highest BCUT2D eigenvalue weighted by molar-refractivity contribution is 7.75. The first-order valence-electron chi connectivity index (χ1n) is 5.20. The van der Waals surface area contributed by atoms with Gasteiger partial charge in [-0.2, -0.15) is 4.21 Å². The fourth-order valence-electron chi connectivity index (χ4n) is 2.34. The van der Waals surface area contributed by atoms with E-state index in [-0.39, 0.29) is 6.61 Å². The molecule has 0 saturated carbocycles. The van der Waals surface area contributed by atoms with Crippen molar-refractivity contribution < 1.29 is 31.6 Å². The lowest BCUT2D eigenvalue weighted by Crippen LogP contribution is -2.44. The summed E-state index contributed by atoms with van der Waals surface area (Å²) >= 11 is -1.84. The number of fused-ring (bicyclic) bond motifs is 3. The molecule has 5 atom stereocenters. The van der Waals surface area contributed by atoms with Crippen LogP contribution >= 0.6 is 0 Å². The molecule has 3 rings (SSSR count). The molecule has 3 heterocycles. The third kappa shape index (κ3) is 1.67. The zero-order chi connectivity index (χ0) is 12.3. The van der Waals surface area contributed by atoms with Crippen molar-refractivity contribution in [3.05, 3.63) is 0 Å². The van der Waals surface area contributed by atoms with Gasteiger partial charge in [0.15, 0.2) is 18.2 Å². The van der Waals surface area contributed by atoms with Gasteiger partial charge < -0.3 is 14.2 Å². The Bertz CT molecular complexity index is 384. The van der Waals surface area contributed by atoms with Crippen molar-refractivity contribution in [2.75, 3.05) is 6.61 Å². The monoisotopic (exact) mass is 264 g/mol. The highest BCUT2D eigenvalue weighted by Gasteiger charge is 2.67. The van der Waals surface area contributed by atoms with Crippen LogP contribution in [0.4, 0.5) is 0 Å². The molecule has 7 nitrogen and oxygen atoms in total. The van der Waals surface area contributed by atoms with Crippen LogP contribution in [0.1, 0.15) is 13.8 Å². The summed E-state index contributed by atoms with van der Waals surface area (Å²) in [5.74, 6) is -2.43. The molecule has 3 aliphatic rings. The first-order chi connectivity index (χ1) is 7.96. The number of aldehydes is 1. The van der Waals surface area contributed by atoms with E-state index in [4.69, 9.17) is 22.6 Å². The smallest absolute Gasteiger partial charge is 0.305 e. The lowest BCUT2D eigenvalue weighted by atomic mass is 10.1. The zero-order valence-corrected chi connectivity index (χ0v) is 10.1. The Balaban J connectivity index is 1.92. The van der Waals surface area contributed by atoms with Gasteiger partial charge in [0.25, 0.3) is 5.79 Å². The van der Waals surface area contributed by atoms with Crippen molar-refractivity contribution in [2.24, 2.45) is 0 Å². The van der Waals surface area contributed by atoms with Crippen molar-refractivity contribution in [3.63, 3.8) is 0 Å². The molecule has 0 aliphatic carbocycles. The second-order valence-electron chi connectivity index (χ2n) is 4.59. The molecule has 0 radical (unpaired) electrons. The number of hydrogen-bond donors (Lipinski definition) is 0. The van der Waals surface area contributed by atoms with Crippen molar-refractivity contribution in [3.8, 4) is 0 Å². The molecule has 3 saturated heterocycles. The summed E-state index contributed by atoms with van der Waals surface area (Å²) in [6.07, 6.45) is -1.32. The van der Waals surface area contributed by atoms with Crippen molar-refractivity contribution in [1.29, 1.82) is 0 Å². The molecule has 1 unspecified atom stereocenters. The van der Waals surface area contributed by atoms with Gasteiger partial charge in [0.05, 0.1) is 6.61 Å². The largest absolute Gasteiger partial charge is 0.338 e. The minimum atomic E-state index is -1.84. The lowest BCUT2D eigenvalue weighted by Gasteiger charge is -2.27. The first-order valence-corrected chi connectivity index (χ1v) is 6.20. The van der Waals surface area contributed by atoms with Gasteiger partial charge in [0.2, 0.25) is 0 Å². The predicted octanol–water partition coefficient (Wildman–Crippen LogP) is -0.574. The Morgan fingerprint density at radius 2 is 2.12 bits per heavy atom. The Hall–Kier alpha value is -0.380. The maximum atomic E-state index is 11.2. The lowest BCUT2D eigenvalue weighted by molar-refractivity contribution is -0.251. The molecule has 17 heavy (non-hydrogen) atoms. The van der Waals surface area contributed by atoms with Crippen LogP contribution in [0.2, 0.25) is 0 Å². The van der Waals surface area contributed by atoms with E-state index in [1.807, 2.05) is 0 Å². The van der Waals surface area contributed by atoms with Crippen LogP contribution in [0.15, 0.2) is 0 Å². The zero-order valence-electron chi connectivity index (χ0n) is 9.28. The molecule has 3 aliphatic heterocycles. The van der Waals surface area contributed by atoms with E-state index in [1.165, 1.54) is 0 Å². The van der Waals surface area contributed by atoms with Crippen LogP contribution in [0.5, 0.6) is 0 Å². The molecular formula is C9H12O7S. The molecule has 0 aromatic heterocycles. The minimum Gasteiger partial charge on any atom is -0.338 e. The van der Waals surface area contributed by atoms with E-state index in [0.717, 1.165) is 0 Å². The molecule has 0 amide bonds. The van der Waals surface area contributed by atoms with Crippen molar-refractivity contribution in [1.82, 2.24) is 0 Å². The molecule has 3 fully saturated rings. The highest BCUT2D eigenvalue weighted by Crippen LogP contribution is 2.46. The average Bonchev–Trinajstić information content (AvgIpc) is 2.67. The van der Waals surface area contributed by atoms with Gasteiger partial charge in [-0.05, 0) is 13.8 Å². The quantitative estimate of drug-likeness (QED) is 0.586. The third-order valence-corrected chi connectivity index (χ3v) is 3.60. The van der Waals surface area contributed by atoms with Crippen LogP contribution in [-0.2, 0) is 38.7 Å². The molecule has 0 aromatic carbocycles. The molecular weight excluding hydrogens is 252 g/mol. The Kier molecular flexibility index (Phi) is 2.45. The fourth-order valence-corrected chi connectivity index (χ4v) is 3.05. The van der Waals surface area contributed by atoms with Crippen LogP contribution in [0.25, 0.3) is 0 Å². The standard InChI is InChI=1S/C9H12O7S/c1-8(2)14-7-6-5(3-12-17(11)15-6)13-9(7,4-10)16-8/h4-7H,3H2,1-2H3/t5-,6+,7-,9-,17?/m0/s1. The second kappa shape index (κ2) is 3.56. The molecule has 0 bridgehead atoms. The predicted molar refractivity (Wildman–Crippen MR) is 52.7 cm³/mol. The Labute approximate surface area is 100 Å². The van der Waals surface area contributed by atoms with E-state index in [1.54, 1.807) is 13.8 Å². The van der Waals surface area contributed by atoms with E-state index < -0.39 is 41.2 Å². The van der Waals surface area contributed by atoms with Crippen LogP contribution in [-0.4, -0.2) is 47.0 Å². The third-order valence-electron chi connectivity index (χ3n) is 2.90. The number of hydrogen-bond acceptors (Lipinski definition) is 7. The number of carbonyl (C=O) groups is 1. The average molecular weight is 264 g/mol. The van der Waals surface area contributed by atoms with Gasteiger partial charge in [-0.15, -0.1) is 0 Å². The summed E-state index contributed by atoms with van der Waals surface area (Å²) in [7, 11) is 0. The number of ether oxygens (including phenoxy) is 3. The molecule has 0 N–H and O–H groups in total. The van der Waals surface area contributed by atoms with Crippen LogP contribution in [0.3, 0.4) is 0 Å². The highest BCUT2D eigenvalue weighted by atomic mass is 32.2.